The van der Waals surface area contributed by atoms with Crippen LogP contribution in [0.25, 0.3) is 22.0 Å². The summed E-state index contributed by atoms with van der Waals surface area (Å²) < 4.78 is 5.35. The van der Waals surface area contributed by atoms with Crippen molar-refractivity contribution in [1.82, 2.24) is 15.0 Å². The van der Waals surface area contributed by atoms with Crippen LogP contribution in [0.1, 0.15) is 25.7 Å². The first kappa shape index (κ1) is 16.7. The van der Waals surface area contributed by atoms with E-state index in [9.17, 15) is 0 Å². The summed E-state index contributed by atoms with van der Waals surface area (Å²) in [6.45, 7) is 0. The molecule has 1 aromatic carbocycles. The summed E-state index contributed by atoms with van der Waals surface area (Å²) in [5, 5.41) is 4.34. The number of anilines is 1. The number of aromatic nitrogens is 3. The molecule has 134 valence electrons. The fourth-order valence-electron chi connectivity index (χ4n) is 3.53. The van der Waals surface area contributed by atoms with Gasteiger partial charge in [0.15, 0.2) is 0 Å². The molecule has 2 atom stereocenters. The molecule has 4 rings (SSSR count). The molecule has 1 aliphatic rings. The van der Waals surface area contributed by atoms with Gasteiger partial charge in [0.25, 0.3) is 0 Å². The number of rotatable bonds is 4. The first-order valence-corrected chi connectivity index (χ1v) is 9.02. The minimum Gasteiger partial charge on any atom is -0.497 e. The first-order chi connectivity index (χ1) is 12.7. The Morgan fingerprint density at radius 3 is 2.88 bits per heavy atom. The van der Waals surface area contributed by atoms with Crippen LogP contribution in [0.2, 0.25) is 0 Å². The molecule has 0 aliphatic heterocycles. The zero-order valence-electron chi connectivity index (χ0n) is 14.9. The maximum absolute atomic E-state index is 6.25. The van der Waals surface area contributed by atoms with Crippen molar-refractivity contribution in [1.29, 1.82) is 0 Å². The normalized spacial score (nSPS) is 20.1. The summed E-state index contributed by atoms with van der Waals surface area (Å²) in [5.74, 6) is 1.43. The van der Waals surface area contributed by atoms with Gasteiger partial charge in [-0.05, 0) is 30.5 Å². The second kappa shape index (κ2) is 7.25. The molecule has 2 aromatic heterocycles. The predicted octanol–water partition coefficient (Wildman–Crippen LogP) is 3.38. The van der Waals surface area contributed by atoms with Crippen molar-refractivity contribution >= 4 is 16.9 Å². The molecule has 6 heteroatoms. The largest absolute Gasteiger partial charge is 0.497 e. The van der Waals surface area contributed by atoms with E-state index in [1.165, 1.54) is 12.8 Å². The number of nitrogens with two attached hydrogens (primary N) is 1. The van der Waals surface area contributed by atoms with Gasteiger partial charge in [-0.25, -0.2) is 9.97 Å². The smallest absolute Gasteiger partial charge is 0.223 e. The lowest BCUT2D eigenvalue weighted by atomic mass is 9.91. The highest BCUT2D eigenvalue weighted by atomic mass is 16.5. The summed E-state index contributed by atoms with van der Waals surface area (Å²) in [7, 11) is 1.66. The monoisotopic (exact) mass is 349 g/mol. The minimum absolute atomic E-state index is 0.151. The summed E-state index contributed by atoms with van der Waals surface area (Å²) in [4.78, 5) is 13.6. The van der Waals surface area contributed by atoms with E-state index < -0.39 is 0 Å². The molecule has 2 heterocycles. The third kappa shape index (κ3) is 3.32. The SMILES string of the molecule is COc1cccc(-c2cncc3cnc(NC4CCCCC4N)nc23)c1. The number of nitrogens with one attached hydrogen (secondary N) is 1. The Labute approximate surface area is 152 Å². The van der Waals surface area contributed by atoms with Crippen LogP contribution < -0.4 is 15.8 Å². The fourth-order valence-corrected chi connectivity index (χ4v) is 3.53. The molecule has 26 heavy (non-hydrogen) atoms. The van der Waals surface area contributed by atoms with Crippen LogP contribution in [0, 0.1) is 0 Å². The zero-order chi connectivity index (χ0) is 17.9. The number of nitrogens with zero attached hydrogens (tertiary/aromatic N) is 3. The second-order valence-corrected chi connectivity index (χ2v) is 6.75. The second-order valence-electron chi connectivity index (χ2n) is 6.75. The lowest BCUT2D eigenvalue weighted by Gasteiger charge is -2.29. The maximum atomic E-state index is 6.25. The van der Waals surface area contributed by atoms with Crippen molar-refractivity contribution in [2.24, 2.45) is 5.73 Å². The van der Waals surface area contributed by atoms with Gasteiger partial charge in [-0.15, -0.1) is 0 Å². The number of benzene rings is 1. The van der Waals surface area contributed by atoms with Crippen molar-refractivity contribution in [2.75, 3.05) is 12.4 Å². The van der Waals surface area contributed by atoms with E-state index in [0.717, 1.165) is 40.6 Å². The number of hydrogen-bond donors (Lipinski definition) is 2. The average Bonchev–Trinajstić information content (AvgIpc) is 2.69. The first-order valence-electron chi connectivity index (χ1n) is 9.02. The van der Waals surface area contributed by atoms with Crippen molar-refractivity contribution < 1.29 is 4.74 Å². The minimum atomic E-state index is 0.151. The lowest BCUT2D eigenvalue weighted by Crippen LogP contribution is -2.42. The van der Waals surface area contributed by atoms with Crippen molar-refractivity contribution in [3.63, 3.8) is 0 Å². The zero-order valence-corrected chi connectivity index (χ0v) is 14.9. The molecule has 3 N–H and O–H groups in total. The van der Waals surface area contributed by atoms with E-state index in [2.05, 4.69) is 15.3 Å². The summed E-state index contributed by atoms with van der Waals surface area (Å²) in [6.07, 6.45) is 9.93. The highest BCUT2D eigenvalue weighted by molar-refractivity contribution is 5.92. The molecule has 0 bridgehead atoms. The number of pyridine rings is 1. The highest BCUT2D eigenvalue weighted by Gasteiger charge is 2.22. The number of hydrogen-bond acceptors (Lipinski definition) is 6. The van der Waals surface area contributed by atoms with Crippen LogP contribution in [0.15, 0.2) is 42.9 Å². The molecule has 0 saturated heterocycles. The van der Waals surface area contributed by atoms with E-state index in [1.54, 1.807) is 13.3 Å². The van der Waals surface area contributed by atoms with Gasteiger partial charge in [-0.1, -0.05) is 25.0 Å². The molecular formula is C20H23N5O. The molecule has 1 fully saturated rings. The van der Waals surface area contributed by atoms with Gasteiger partial charge in [-0.2, -0.15) is 0 Å². The standard InChI is InChI=1S/C20H23N5O/c1-26-15-6-4-5-13(9-15)16-12-22-10-14-11-23-20(25-19(14)16)24-18-8-3-2-7-17(18)21/h4-6,9-12,17-18H,2-3,7-8,21H2,1H3,(H,23,24,25). The van der Waals surface area contributed by atoms with E-state index in [-0.39, 0.29) is 12.1 Å². The predicted molar refractivity (Wildman–Crippen MR) is 103 cm³/mol. The Kier molecular flexibility index (Phi) is 4.67. The van der Waals surface area contributed by atoms with Gasteiger partial charge in [0.05, 0.1) is 12.6 Å². The summed E-state index contributed by atoms with van der Waals surface area (Å²) in [6, 6.07) is 8.29. The van der Waals surface area contributed by atoms with Crippen LogP contribution in [0.5, 0.6) is 5.75 Å². The molecule has 0 radical (unpaired) electrons. The molecule has 3 aromatic rings. The van der Waals surface area contributed by atoms with Crippen molar-refractivity contribution in [2.45, 2.75) is 37.8 Å². The molecular weight excluding hydrogens is 326 g/mol. The highest BCUT2D eigenvalue weighted by Crippen LogP contribution is 2.29. The Hall–Kier alpha value is -2.73. The van der Waals surface area contributed by atoms with Crippen LogP contribution in [0.3, 0.4) is 0 Å². The Morgan fingerprint density at radius 1 is 1.15 bits per heavy atom. The number of ether oxygens (including phenoxy) is 1. The third-order valence-corrected chi connectivity index (χ3v) is 5.00. The third-order valence-electron chi connectivity index (χ3n) is 5.00. The van der Waals surface area contributed by atoms with Gasteiger partial charge >= 0.3 is 0 Å². The Bertz CT molecular complexity index is 914. The molecule has 0 spiro atoms. The maximum Gasteiger partial charge on any atom is 0.223 e. The number of methoxy groups -OCH3 is 1. The number of fused-ring (bicyclic) bond motifs is 1. The van der Waals surface area contributed by atoms with Gasteiger partial charge in [0, 0.05) is 41.6 Å². The van der Waals surface area contributed by atoms with Gasteiger partial charge in [0.1, 0.15) is 5.75 Å². The van der Waals surface area contributed by atoms with Crippen molar-refractivity contribution in [3.05, 3.63) is 42.9 Å². The van der Waals surface area contributed by atoms with Crippen molar-refractivity contribution in [3.8, 4) is 16.9 Å². The molecule has 1 aliphatic carbocycles. The van der Waals surface area contributed by atoms with E-state index in [1.807, 2.05) is 36.7 Å². The Morgan fingerprint density at radius 2 is 2.04 bits per heavy atom. The van der Waals surface area contributed by atoms with Gasteiger partial charge < -0.3 is 15.8 Å². The van der Waals surface area contributed by atoms with E-state index in [0.29, 0.717) is 5.95 Å². The van der Waals surface area contributed by atoms with Gasteiger partial charge in [-0.3, -0.25) is 4.98 Å². The summed E-state index contributed by atoms with van der Waals surface area (Å²) >= 11 is 0. The summed E-state index contributed by atoms with van der Waals surface area (Å²) in [5.41, 5.74) is 9.09. The topological polar surface area (TPSA) is 86.0 Å². The molecule has 6 nitrogen and oxygen atoms in total. The van der Waals surface area contributed by atoms with Crippen LogP contribution in [-0.4, -0.2) is 34.1 Å². The van der Waals surface area contributed by atoms with Crippen LogP contribution in [0.4, 0.5) is 5.95 Å². The molecule has 1 saturated carbocycles. The van der Waals surface area contributed by atoms with Crippen LogP contribution in [-0.2, 0) is 0 Å². The Balaban J connectivity index is 1.72. The van der Waals surface area contributed by atoms with Gasteiger partial charge in [0.2, 0.25) is 5.95 Å². The fraction of sp³-hybridized carbons (Fsp3) is 0.350. The van der Waals surface area contributed by atoms with Crippen LogP contribution >= 0.6 is 0 Å². The average molecular weight is 349 g/mol. The quantitative estimate of drug-likeness (QED) is 0.751. The lowest BCUT2D eigenvalue weighted by molar-refractivity contribution is 0.402. The molecule has 2 unspecified atom stereocenters. The van der Waals surface area contributed by atoms with E-state index >= 15 is 0 Å². The van der Waals surface area contributed by atoms with E-state index in [4.69, 9.17) is 15.5 Å². The molecule has 0 amide bonds.